The lowest BCUT2D eigenvalue weighted by Crippen LogP contribution is -2.41. The molecule has 3 heterocycles. The zero-order valence-corrected chi connectivity index (χ0v) is 18.3. The van der Waals surface area contributed by atoms with Gasteiger partial charge in [0.2, 0.25) is 0 Å². The summed E-state index contributed by atoms with van der Waals surface area (Å²) in [6.45, 7) is 4.48. The van der Waals surface area contributed by atoms with E-state index in [-0.39, 0.29) is 18.5 Å². The molecule has 2 aromatic rings. The highest BCUT2D eigenvalue weighted by atomic mass is 19.4. The molecule has 0 aromatic heterocycles. The van der Waals surface area contributed by atoms with E-state index in [2.05, 4.69) is 15.5 Å². The number of alkyl halides is 3. The number of amides is 1. The van der Waals surface area contributed by atoms with Crippen LogP contribution in [0.4, 0.5) is 13.2 Å². The number of dihydropyridines is 1. The predicted octanol–water partition coefficient (Wildman–Crippen LogP) is 5.32. The zero-order chi connectivity index (χ0) is 23.4. The molecular formula is C25H23F3N4O. The Balaban J connectivity index is 1.66. The second-order valence-electron chi connectivity index (χ2n) is 8.57. The van der Waals surface area contributed by atoms with Gasteiger partial charge in [0.25, 0.3) is 5.91 Å². The van der Waals surface area contributed by atoms with Crippen LogP contribution in [0.3, 0.4) is 0 Å². The van der Waals surface area contributed by atoms with Crippen molar-refractivity contribution < 1.29 is 18.0 Å². The van der Waals surface area contributed by atoms with Crippen LogP contribution in [0.25, 0.3) is 0 Å². The minimum absolute atomic E-state index is 0.174. The number of nitrogens with one attached hydrogen (secondary N) is 1. The first-order valence-corrected chi connectivity index (χ1v) is 10.9. The number of azo groups is 1. The smallest absolute Gasteiger partial charge is 0.340 e. The van der Waals surface area contributed by atoms with Gasteiger partial charge in [-0.05, 0) is 30.5 Å². The Labute approximate surface area is 189 Å². The summed E-state index contributed by atoms with van der Waals surface area (Å²) in [5.41, 5.74) is 1.59. The fourth-order valence-corrected chi connectivity index (χ4v) is 5.27. The Hall–Kier alpha value is -3.42. The van der Waals surface area contributed by atoms with Crippen molar-refractivity contribution in [2.24, 2.45) is 10.2 Å². The normalized spacial score (nSPS) is 24.3. The average molecular weight is 452 g/mol. The van der Waals surface area contributed by atoms with E-state index in [1.165, 1.54) is 12.1 Å². The molecule has 33 heavy (non-hydrogen) atoms. The Bertz CT molecular complexity index is 1220. The maximum absolute atomic E-state index is 13.9. The van der Waals surface area contributed by atoms with Gasteiger partial charge in [0.05, 0.1) is 29.1 Å². The second-order valence-corrected chi connectivity index (χ2v) is 8.57. The highest BCUT2D eigenvalue weighted by molar-refractivity contribution is 6.01. The largest absolute Gasteiger partial charge is 0.416 e. The minimum Gasteiger partial charge on any atom is -0.340 e. The van der Waals surface area contributed by atoms with Gasteiger partial charge in [-0.3, -0.25) is 4.79 Å². The van der Waals surface area contributed by atoms with Gasteiger partial charge in [-0.2, -0.15) is 18.3 Å². The lowest BCUT2D eigenvalue weighted by atomic mass is 9.64. The fraction of sp³-hybridized carbons (Fsp3) is 0.320. The van der Waals surface area contributed by atoms with E-state index >= 15 is 0 Å². The predicted molar refractivity (Wildman–Crippen MR) is 117 cm³/mol. The number of nitrogens with zero attached hydrogens (tertiary/aromatic N) is 3. The van der Waals surface area contributed by atoms with Crippen molar-refractivity contribution in [3.05, 3.63) is 94.0 Å². The molecule has 1 amide bonds. The van der Waals surface area contributed by atoms with Gasteiger partial charge < -0.3 is 10.2 Å². The Morgan fingerprint density at radius 1 is 1.15 bits per heavy atom. The highest BCUT2D eigenvalue weighted by Crippen LogP contribution is 2.52. The molecule has 0 spiro atoms. The molecule has 2 aromatic carbocycles. The summed E-state index contributed by atoms with van der Waals surface area (Å²) < 4.78 is 40.8. The van der Waals surface area contributed by atoms with Crippen molar-refractivity contribution in [3.8, 4) is 0 Å². The number of hydrogen-bond donors (Lipinski definition) is 1. The molecule has 0 bridgehead atoms. The molecule has 5 nitrogen and oxygen atoms in total. The number of carbonyl (C=O) groups excluding carboxylic acids is 1. The number of halogens is 3. The molecule has 0 saturated carbocycles. The molecule has 2 atom stereocenters. The Morgan fingerprint density at radius 3 is 2.61 bits per heavy atom. The van der Waals surface area contributed by atoms with Crippen LogP contribution in [0.1, 0.15) is 37.0 Å². The molecular weight excluding hydrogens is 429 g/mol. The number of hydrogen-bond acceptors (Lipinski definition) is 4. The third kappa shape index (κ3) is 3.19. The quantitative estimate of drug-likeness (QED) is 0.683. The Morgan fingerprint density at radius 2 is 1.91 bits per heavy atom. The molecule has 0 radical (unpaired) electrons. The number of carbonyl (C=O) groups is 1. The summed E-state index contributed by atoms with van der Waals surface area (Å²) in [6, 6.07) is 14.7. The van der Waals surface area contributed by atoms with Crippen molar-refractivity contribution in [1.82, 2.24) is 10.2 Å². The molecule has 3 aliphatic rings. The van der Waals surface area contributed by atoms with Crippen LogP contribution in [0.5, 0.6) is 0 Å². The van der Waals surface area contributed by atoms with Gasteiger partial charge in [0.15, 0.2) is 5.82 Å². The SMILES string of the molecule is CC[C@]1(c2cccc(C(F)(F)F)c2)C2=C(N=NC2)NC2=C1C(=O)N(Cc1ccccc1)[C@@H]2C. The van der Waals surface area contributed by atoms with Gasteiger partial charge in [-0.25, -0.2) is 0 Å². The third-order valence-electron chi connectivity index (χ3n) is 6.92. The molecule has 1 N–H and O–H groups in total. The molecule has 170 valence electrons. The summed E-state index contributed by atoms with van der Waals surface area (Å²) in [6.07, 6.45) is -4.07. The Kier molecular flexibility index (Phi) is 4.92. The maximum Gasteiger partial charge on any atom is 0.416 e. The van der Waals surface area contributed by atoms with Crippen molar-refractivity contribution in [1.29, 1.82) is 0 Å². The van der Waals surface area contributed by atoms with E-state index in [1.54, 1.807) is 11.0 Å². The summed E-state index contributed by atoms with van der Waals surface area (Å²) >= 11 is 0. The van der Waals surface area contributed by atoms with Crippen molar-refractivity contribution in [3.63, 3.8) is 0 Å². The van der Waals surface area contributed by atoms with Crippen LogP contribution >= 0.6 is 0 Å². The summed E-state index contributed by atoms with van der Waals surface area (Å²) in [7, 11) is 0. The standard InChI is InChI=1S/C25H23F3N4O/c1-3-24(17-10-7-11-18(12-17)25(26,27)28)19-13-29-31-22(19)30-21-15(2)32(23(33)20(21)24)14-16-8-5-4-6-9-16/h4-12,15,30H,3,13-14H2,1-2H3/t15-,24+/m1/s1. The summed E-state index contributed by atoms with van der Waals surface area (Å²) in [5.74, 6) is 0.362. The van der Waals surface area contributed by atoms with Crippen LogP contribution < -0.4 is 5.32 Å². The molecule has 0 fully saturated rings. The summed E-state index contributed by atoms with van der Waals surface area (Å²) in [4.78, 5) is 15.7. The molecule has 0 saturated heterocycles. The molecule has 8 heteroatoms. The van der Waals surface area contributed by atoms with Crippen molar-refractivity contribution in [2.75, 3.05) is 6.54 Å². The lowest BCUT2D eigenvalue weighted by Gasteiger charge is -2.39. The first kappa shape index (κ1) is 21.4. The van der Waals surface area contributed by atoms with Crippen molar-refractivity contribution in [2.45, 2.75) is 44.4 Å². The number of benzene rings is 2. The monoisotopic (exact) mass is 452 g/mol. The summed E-state index contributed by atoms with van der Waals surface area (Å²) in [5, 5.41) is 11.7. The van der Waals surface area contributed by atoms with Gasteiger partial charge >= 0.3 is 6.18 Å². The van der Waals surface area contributed by atoms with E-state index in [9.17, 15) is 18.0 Å². The molecule has 0 unspecified atom stereocenters. The highest BCUT2D eigenvalue weighted by Gasteiger charge is 2.54. The van der Waals surface area contributed by atoms with Crippen molar-refractivity contribution >= 4 is 5.91 Å². The van der Waals surface area contributed by atoms with E-state index in [0.29, 0.717) is 35.6 Å². The first-order chi connectivity index (χ1) is 15.8. The topological polar surface area (TPSA) is 57.1 Å². The average Bonchev–Trinajstić information content (AvgIpc) is 3.37. The van der Waals surface area contributed by atoms with E-state index in [1.807, 2.05) is 44.2 Å². The van der Waals surface area contributed by atoms with Gasteiger partial charge in [0.1, 0.15) is 0 Å². The van der Waals surface area contributed by atoms with Gasteiger partial charge in [-0.15, -0.1) is 5.11 Å². The van der Waals surface area contributed by atoms with Gasteiger partial charge in [0, 0.05) is 17.8 Å². The van der Waals surface area contributed by atoms with Crippen LogP contribution in [-0.4, -0.2) is 23.4 Å². The van der Waals surface area contributed by atoms with E-state index in [0.717, 1.165) is 17.2 Å². The van der Waals surface area contributed by atoms with Crippen LogP contribution in [0.15, 0.2) is 87.5 Å². The fourth-order valence-electron chi connectivity index (χ4n) is 5.27. The second kappa shape index (κ2) is 7.57. The van der Waals surface area contributed by atoms with Gasteiger partial charge in [-0.1, -0.05) is 55.5 Å². The minimum atomic E-state index is -4.48. The third-order valence-corrected chi connectivity index (χ3v) is 6.92. The molecule has 3 aliphatic heterocycles. The molecule has 5 rings (SSSR count). The maximum atomic E-state index is 13.9. The lowest BCUT2D eigenvalue weighted by molar-refractivity contribution is -0.137. The first-order valence-electron chi connectivity index (χ1n) is 10.9. The van der Waals surface area contributed by atoms with Crippen LogP contribution in [0.2, 0.25) is 0 Å². The van der Waals surface area contributed by atoms with Crippen LogP contribution in [0, 0.1) is 0 Å². The van der Waals surface area contributed by atoms with E-state index < -0.39 is 17.2 Å². The van der Waals surface area contributed by atoms with Crippen LogP contribution in [-0.2, 0) is 22.9 Å². The zero-order valence-electron chi connectivity index (χ0n) is 18.3. The molecule has 0 aliphatic carbocycles. The van der Waals surface area contributed by atoms with E-state index in [4.69, 9.17) is 0 Å². The number of rotatable bonds is 4.